The molecule has 32 heavy (non-hydrogen) atoms. The summed E-state index contributed by atoms with van der Waals surface area (Å²) in [5, 5.41) is 0.361. The minimum Gasteiger partial charge on any atom is -0.368 e. The maximum absolute atomic E-state index is 12.9. The second-order valence-corrected chi connectivity index (χ2v) is 9.80. The number of carbonyl (C=O) groups excluding carboxylic acids is 1. The Labute approximate surface area is 193 Å². The lowest BCUT2D eigenvalue weighted by atomic mass is 10.1. The van der Waals surface area contributed by atoms with Crippen LogP contribution in [-0.2, 0) is 16.6 Å². The number of benzene rings is 3. The summed E-state index contributed by atoms with van der Waals surface area (Å²) in [5.74, 6) is -0.0104. The summed E-state index contributed by atoms with van der Waals surface area (Å²) >= 11 is 5.89. The highest BCUT2D eigenvalue weighted by Gasteiger charge is 2.22. The molecule has 1 aliphatic heterocycles. The van der Waals surface area contributed by atoms with Gasteiger partial charge in [0.25, 0.3) is 5.91 Å². The first kappa shape index (κ1) is 22.3. The first-order chi connectivity index (χ1) is 15.4. The van der Waals surface area contributed by atoms with E-state index >= 15 is 0 Å². The average Bonchev–Trinajstić information content (AvgIpc) is 2.83. The van der Waals surface area contributed by atoms with E-state index in [0.29, 0.717) is 23.7 Å². The molecular formula is C24H24ClN3O3S. The lowest BCUT2D eigenvalue weighted by Crippen LogP contribution is -2.48. The lowest BCUT2D eigenvalue weighted by molar-refractivity contribution is 0.0746. The van der Waals surface area contributed by atoms with Crippen LogP contribution in [0.2, 0.25) is 5.02 Å². The molecule has 0 saturated carbocycles. The Balaban J connectivity index is 1.33. The van der Waals surface area contributed by atoms with Gasteiger partial charge in [-0.2, -0.15) is 0 Å². The van der Waals surface area contributed by atoms with Crippen molar-refractivity contribution in [3.8, 4) is 0 Å². The monoisotopic (exact) mass is 469 g/mol. The first-order valence-electron chi connectivity index (χ1n) is 10.4. The van der Waals surface area contributed by atoms with Gasteiger partial charge in [-0.25, -0.2) is 13.1 Å². The van der Waals surface area contributed by atoms with Gasteiger partial charge in [-0.05, 0) is 48.0 Å². The van der Waals surface area contributed by atoms with E-state index in [-0.39, 0.29) is 17.3 Å². The van der Waals surface area contributed by atoms with Crippen molar-refractivity contribution in [2.24, 2.45) is 0 Å². The van der Waals surface area contributed by atoms with E-state index < -0.39 is 10.0 Å². The van der Waals surface area contributed by atoms with Crippen molar-refractivity contribution in [2.75, 3.05) is 31.1 Å². The van der Waals surface area contributed by atoms with Gasteiger partial charge in [0, 0.05) is 49.0 Å². The van der Waals surface area contributed by atoms with Gasteiger partial charge < -0.3 is 9.80 Å². The largest absolute Gasteiger partial charge is 0.368 e. The molecule has 1 aliphatic rings. The molecule has 1 amide bonds. The van der Waals surface area contributed by atoms with Crippen LogP contribution in [0.1, 0.15) is 15.9 Å². The number of rotatable bonds is 6. The van der Waals surface area contributed by atoms with Gasteiger partial charge >= 0.3 is 0 Å². The Kier molecular flexibility index (Phi) is 6.79. The van der Waals surface area contributed by atoms with Crippen molar-refractivity contribution < 1.29 is 13.2 Å². The Bertz CT molecular complexity index is 1180. The number of nitrogens with zero attached hydrogens (tertiary/aromatic N) is 2. The van der Waals surface area contributed by atoms with Crippen molar-refractivity contribution in [3.05, 3.63) is 95.0 Å². The molecule has 0 radical (unpaired) electrons. The molecule has 8 heteroatoms. The number of halogens is 1. The molecule has 1 N–H and O–H groups in total. The van der Waals surface area contributed by atoms with Crippen molar-refractivity contribution in [1.29, 1.82) is 0 Å². The fourth-order valence-electron chi connectivity index (χ4n) is 3.65. The standard InChI is InChI=1S/C24H24ClN3O3S/c25-21-5-4-8-23(17-21)32(30,31)26-18-19-9-11-20(12-10-19)24(29)28-15-13-27(14-16-28)22-6-2-1-3-7-22/h1-12,17,26H,13-16,18H2. The van der Waals surface area contributed by atoms with Crippen molar-refractivity contribution >= 4 is 33.2 Å². The highest BCUT2D eigenvalue weighted by molar-refractivity contribution is 7.89. The number of hydrogen-bond donors (Lipinski definition) is 1. The summed E-state index contributed by atoms with van der Waals surface area (Å²) in [4.78, 5) is 17.1. The lowest BCUT2D eigenvalue weighted by Gasteiger charge is -2.36. The minimum absolute atomic E-state index is 0.0104. The second kappa shape index (κ2) is 9.73. The number of sulfonamides is 1. The van der Waals surface area contributed by atoms with Gasteiger partial charge in [0.1, 0.15) is 0 Å². The number of anilines is 1. The molecule has 1 heterocycles. The summed E-state index contributed by atoms with van der Waals surface area (Å²) in [7, 11) is -3.67. The number of para-hydroxylation sites is 1. The zero-order valence-corrected chi connectivity index (χ0v) is 19.0. The third-order valence-corrected chi connectivity index (χ3v) is 7.10. The van der Waals surface area contributed by atoms with E-state index in [1.54, 1.807) is 36.4 Å². The van der Waals surface area contributed by atoms with Crippen LogP contribution in [0.15, 0.2) is 83.8 Å². The maximum atomic E-state index is 12.9. The Morgan fingerprint density at radius 1 is 0.875 bits per heavy atom. The molecular weight excluding hydrogens is 446 g/mol. The third kappa shape index (κ3) is 5.30. The first-order valence-corrected chi connectivity index (χ1v) is 12.2. The molecule has 0 spiro atoms. The van der Waals surface area contributed by atoms with Gasteiger partial charge in [-0.3, -0.25) is 4.79 Å². The molecule has 0 aliphatic carbocycles. The average molecular weight is 470 g/mol. The van der Waals surface area contributed by atoms with Crippen LogP contribution in [0.25, 0.3) is 0 Å². The summed E-state index contributed by atoms with van der Waals surface area (Å²) in [5.41, 5.74) is 2.53. The second-order valence-electron chi connectivity index (χ2n) is 7.59. The Hall–Kier alpha value is -2.87. The zero-order valence-electron chi connectivity index (χ0n) is 17.4. The highest BCUT2D eigenvalue weighted by atomic mass is 35.5. The smallest absolute Gasteiger partial charge is 0.253 e. The molecule has 166 valence electrons. The number of amides is 1. The van der Waals surface area contributed by atoms with E-state index in [4.69, 9.17) is 11.6 Å². The molecule has 0 bridgehead atoms. The minimum atomic E-state index is -3.67. The van der Waals surface area contributed by atoms with Gasteiger partial charge in [-0.15, -0.1) is 0 Å². The molecule has 4 rings (SSSR count). The summed E-state index contributed by atoms with van der Waals surface area (Å²) in [6.07, 6.45) is 0. The number of hydrogen-bond acceptors (Lipinski definition) is 4. The fraction of sp³-hybridized carbons (Fsp3) is 0.208. The van der Waals surface area contributed by atoms with E-state index in [9.17, 15) is 13.2 Å². The van der Waals surface area contributed by atoms with Crippen molar-refractivity contribution in [3.63, 3.8) is 0 Å². The fourth-order valence-corrected chi connectivity index (χ4v) is 4.97. The number of nitrogens with one attached hydrogen (secondary N) is 1. The molecule has 3 aromatic rings. The third-order valence-electron chi connectivity index (χ3n) is 5.46. The zero-order chi connectivity index (χ0) is 22.6. The molecule has 1 fully saturated rings. The van der Waals surface area contributed by atoms with E-state index in [2.05, 4.69) is 21.8 Å². The van der Waals surface area contributed by atoms with Gasteiger partial charge in [0.05, 0.1) is 4.90 Å². The van der Waals surface area contributed by atoms with Crippen molar-refractivity contribution in [2.45, 2.75) is 11.4 Å². The SMILES string of the molecule is O=C(c1ccc(CNS(=O)(=O)c2cccc(Cl)c2)cc1)N1CCN(c2ccccc2)CC1. The van der Waals surface area contributed by atoms with E-state index in [0.717, 1.165) is 18.7 Å². The predicted octanol–water partition coefficient (Wildman–Crippen LogP) is 3.78. The molecule has 0 aromatic heterocycles. The van der Waals surface area contributed by atoms with Crippen LogP contribution >= 0.6 is 11.6 Å². The van der Waals surface area contributed by atoms with Gasteiger partial charge in [0.15, 0.2) is 0 Å². The highest BCUT2D eigenvalue weighted by Crippen LogP contribution is 2.18. The molecule has 6 nitrogen and oxygen atoms in total. The molecule has 0 atom stereocenters. The quantitative estimate of drug-likeness (QED) is 0.596. The van der Waals surface area contributed by atoms with Gasteiger partial charge in [-0.1, -0.05) is 48.0 Å². The summed E-state index contributed by atoms with van der Waals surface area (Å²) < 4.78 is 27.4. The molecule has 3 aromatic carbocycles. The van der Waals surface area contributed by atoms with Crippen LogP contribution in [0.5, 0.6) is 0 Å². The summed E-state index contributed by atoms with van der Waals surface area (Å²) in [6, 6.07) is 23.3. The summed E-state index contributed by atoms with van der Waals surface area (Å²) in [6.45, 7) is 3.03. The maximum Gasteiger partial charge on any atom is 0.253 e. The Morgan fingerprint density at radius 3 is 2.22 bits per heavy atom. The van der Waals surface area contributed by atoms with Crippen LogP contribution in [0.3, 0.4) is 0 Å². The van der Waals surface area contributed by atoms with E-state index in [1.807, 2.05) is 23.1 Å². The normalized spacial score (nSPS) is 14.4. The molecule has 1 saturated heterocycles. The van der Waals surface area contributed by atoms with Crippen LogP contribution < -0.4 is 9.62 Å². The Morgan fingerprint density at radius 2 is 1.56 bits per heavy atom. The van der Waals surface area contributed by atoms with E-state index in [1.165, 1.54) is 17.8 Å². The molecule has 0 unspecified atom stereocenters. The topological polar surface area (TPSA) is 69.7 Å². The van der Waals surface area contributed by atoms with Crippen molar-refractivity contribution in [1.82, 2.24) is 9.62 Å². The predicted molar refractivity (Wildman–Crippen MR) is 126 cm³/mol. The van der Waals surface area contributed by atoms with Crippen LogP contribution in [0.4, 0.5) is 5.69 Å². The number of carbonyl (C=O) groups is 1. The van der Waals surface area contributed by atoms with Crippen LogP contribution in [-0.4, -0.2) is 45.4 Å². The van der Waals surface area contributed by atoms with Crippen LogP contribution in [0, 0.1) is 0 Å². The van der Waals surface area contributed by atoms with Gasteiger partial charge in [0.2, 0.25) is 10.0 Å². The number of piperazine rings is 1.